The molecule has 0 unspecified atom stereocenters. The molecule has 2 N–H and O–H groups in total. The van der Waals surface area contributed by atoms with E-state index >= 15 is 0 Å². The second kappa shape index (κ2) is 6.93. The highest BCUT2D eigenvalue weighted by molar-refractivity contribution is 5.85. The molecule has 0 fully saturated rings. The number of halogens is 1. The second-order valence-electron chi connectivity index (χ2n) is 3.13. The molecule has 0 radical (unpaired) electrons. The Morgan fingerprint density at radius 2 is 1.82 bits per heavy atom. The molecule has 1 aromatic carbocycles. The van der Waals surface area contributed by atoms with Gasteiger partial charge in [0.15, 0.2) is 11.5 Å². The molecule has 7 heteroatoms. The Kier molecular flexibility index (Phi) is 6.30. The lowest BCUT2D eigenvalue weighted by molar-refractivity contribution is -0.385. The summed E-state index contributed by atoms with van der Waals surface area (Å²) in [4.78, 5) is 10.4. The molecule has 1 aromatic rings. The van der Waals surface area contributed by atoms with Crippen LogP contribution in [0.15, 0.2) is 12.1 Å². The standard InChI is InChI=1S/C10H14N2O4.ClH/c1-15-9-5-7(3-4-11)8(12(13)14)6-10(9)16-2;/h5-6H,3-4,11H2,1-2H3;1H. The monoisotopic (exact) mass is 262 g/mol. The SMILES string of the molecule is COc1cc(CCN)c([N+](=O)[O-])cc1OC.Cl. The summed E-state index contributed by atoms with van der Waals surface area (Å²) in [6.07, 6.45) is 0.427. The van der Waals surface area contributed by atoms with E-state index in [1.54, 1.807) is 6.07 Å². The molecule has 0 aliphatic rings. The van der Waals surface area contributed by atoms with Crippen LogP contribution in [0.3, 0.4) is 0 Å². The van der Waals surface area contributed by atoms with Crippen molar-refractivity contribution in [2.75, 3.05) is 20.8 Å². The third kappa shape index (κ3) is 3.47. The molecule has 0 aliphatic heterocycles. The maximum Gasteiger partial charge on any atom is 0.276 e. The van der Waals surface area contributed by atoms with Crippen LogP contribution in [0.2, 0.25) is 0 Å². The Balaban J connectivity index is 0.00000256. The molecule has 1 rings (SSSR count). The number of nitro groups is 1. The van der Waals surface area contributed by atoms with E-state index in [0.29, 0.717) is 30.0 Å². The van der Waals surface area contributed by atoms with Gasteiger partial charge in [0.25, 0.3) is 5.69 Å². The van der Waals surface area contributed by atoms with Crippen molar-refractivity contribution >= 4 is 18.1 Å². The van der Waals surface area contributed by atoms with Gasteiger partial charge in [0.2, 0.25) is 0 Å². The van der Waals surface area contributed by atoms with Crippen LogP contribution in [0.4, 0.5) is 5.69 Å². The lowest BCUT2D eigenvalue weighted by Gasteiger charge is -2.09. The quantitative estimate of drug-likeness (QED) is 0.642. The number of rotatable bonds is 5. The van der Waals surface area contributed by atoms with Gasteiger partial charge in [-0.25, -0.2) is 0 Å². The Morgan fingerprint density at radius 1 is 1.29 bits per heavy atom. The molecule has 0 heterocycles. The predicted octanol–water partition coefficient (Wildman–Crippen LogP) is 1.53. The summed E-state index contributed by atoms with van der Waals surface area (Å²) < 4.78 is 10.1. The minimum atomic E-state index is -0.451. The molecule has 0 aliphatic carbocycles. The number of nitrogens with two attached hydrogens (primary N) is 1. The van der Waals surface area contributed by atoms with Crippen molar-refractivity contribution in [1.29, 1.82) is 0 Å². The first kappa shape index (κ1) is 15.5. The van der Waals surface area contributed by atoms with Crippen molar-refractivity contribution < 1.29 is 14.4 Å². The number of methoxy groups -OCH3 is 2. The van der Waals surface area contributed by atoms with Crippen molar-refractivity contribution in [1.82, 2.24) is 0 Å². The van der Waals surface area contributed by atoms with E-state index in [2.05, 4.69) is 0 Å². The molecule has 96 valence electrons. The average Bonchev–Trinajstić information content (AvgIpc) is 2.28. The molecular formula is C10H15ClN2O4. The van der Waals surface area contributed by atoms with E-state index in [4.69, 9.17) is 15.2 Å². The van der Waals surface area contributed by atoms with Crippen LogP contribution in [-0.2, 0) is 6.42 Å². The molecule has 0 saturated carbocycles. The highest BCUT2D eigenvalue weighted by Crippen LogP contribution is 2.34. The summed E-state index contributed by atoms with van der Waals surface area (Å²) in [5.74, 6) is 0.812. The Morgan fingerprint density at radius 3 is 2.24 bits per heavy atom. The van der Waals surface area contributed by atoms with Crippen LogP contribution < -0.4 is 15.2 Å². The van der Waals surface area contributed by atoms with E-state index < -0.39 is 4.92 Å². The summed E-state index contributed by atoms with van der Waals surface area (Å²) in [6, 6.07) is 2.94. The fourth-order valence-electron chi connectivity index (χ4n) is 1.44. The van der Waals surface area contributed by atoms with Crippen molar-refractivity contribution in [3.05, 3.63) is 27.8 Å². The highest BCUT2D eigenvalue weighted by atomic mass is 35.5. The van der Waals surface area contributed by atoms with E-state index in [-0.39, 0.29) is 18.1 Å². The average molecular weight is 263 g/mol. The third-order valence-electron chi connectivity index (χ3n) is 2.20. The molecular weight excluding hydrogens is 248 g/mol. The Hall–Kier alpha value is -1.53. The minimum Gasteiger partial charge on any atom is -0.493 e. The number of ether oxygens (including phenoxy) is 2. The zero-order chi connectivity index (χ0) is 12.1. The molecule has 0 saturated heterocycles. The van der Waals surface area contributed by atoms with Crippen LogP contribution in [0.25, 0.3) is 0 Å². The van der Waals surface area contributed by atoms with Crippen LogP contribution in [0.5, 0.6) is 11.5 Å². The number of nitro benzene ring substituents is 1. The molecule has 0 aromatic heterocycles. The fourth-order valence-corrected chi connectivity index (χ4v) is 1.44. The highest BCUT2D eigenvalue weighted by Gasteiger charge is 2.18. The van der Waals surface area contributed by atoms with Crippen molar-refractivity contribution in [2.24, 2.45) is 5.73 Å². The van der Waals surface area contributed by atoms with Gasteiger partial charge in [-0.3, -0.25) is 10.1 Å². The van der Waals surface area contributed by atoms with Crippen LogP contribution >= 0.6 is 12.4 Å². The molecule has 0 amide bonds. The summed E-state index contributed by atoms with van der Waals surface area (Å²) in [5, 5.41) is 10.8. The van der Waals surface area contributed by atoms with E-state index in [1.807, 2.05) is 0 Å². The van der Waals surface area contributed by atoms with Gasteiger partial charge < -0.3 is 15.2 Å². The van der Waals surface area contributed by atoms with E-state index in [9.17, 15) is 10.1 Å². The Labute approximate surface area is 105 Å². The van der Waals surface area contributed by atoms with Crippen LogP contribution in [0.1, 0.15) is 5.56 Å². The van der Waals surface area contributed by atoms with Crippen LogP contribution in [-0.4, -0.2) is 25.7 Å². The normalized spacial score (nSPS) is 9.35. The third-order valence-corrected chi connectivity index (χ3v) is 2.20. The first-order chi connectivity index (χ1) is 7.63. The minimum absolute atomic E-state index is 0. The maximum absolute atomic E-state index is 10.8. The zero-order valence-electron chi connectivity index (χ0n) is 9.63. The number of benzene rings is 1. The first-order valence-electron chi connectivity index (χ1n) is 4.73. The van der Waals surface area contributed by atoms with Gasteiger partial charge in [-0.15, -0.1) is 12.4 Å². The zero-order valence-corrected chi connectivity index (χ0v) is 10.5. The lowest BCUT2D eigenvalue weighted by atomic mass is 10.1. The summed E-state index contributed by atoms with van der Waals surface area (Å²) in [7, 11) is 2.92. The number of hydrogen-bond donors (Lipinski definition) is 1. The van der Waals surface area contributed by atoms with E-state index in [1.165, 1.54) is 20.3 Å². The van der Waals surface area contributed by atoms with Gasteiger partial charge in [0.1, 0.15) is 0 Å². The second-order valence-corrected chi connectivity index (χ2v) is 3.13. The number of nitrogens with zero attached hydrogens (tertiary/aromatic N) is 1. The Bertz CT molecular complexity index is 398. The maximum atomic E-state index is 10.8. The molecule has 0 bridgehead atoms. The summed E-state index contributed by atoms with van der Waals surface area (Å²) >= 11 is 0. The molecule has 0 atom stereocenters. The van der Waals surface area contributed by atoms with Gasteiger partial charge in [-0.1, -0.05) is 0 Å². The van der Waals surface area contributed by atoms with Gasteiger partial charge >= 0.3 is 0 Å². The van der Waals surface area contributed by atoms with Gasteiger partial charge in [0, 0.05) is 5.56 Å². The largest absolute Gasteiger partial charge is 0.493 e. The lowest BCUT2D eigenvalue weighted by Crippen LogP contribution is -2.06. The van der Waals surface area contributed by atoms with Crippen molar-refractivity contribution in [2.45, 2.75) is 6.42 Å². The predicted molar refractivity (Wildman–Crippen MR) is 66.2 cm³/mol. The smallest absolute Gasteiger partial charge is 0.276 e. The van der Waals surface area contributed by atoms with Crippen LogP contribution in [0, 0.1) is 10.1 Å². The summed E-state index contributed by atoms with van der Waals surface area (Å²) in [6.45, 7) is 0.344. The molecule has 6 nitrogen and oxygen atoms in total. The van der Waals surface area contributed by atoms with Gasteiger partial charge in [-0.2, -0.15) is 0 Å². The molecule has 0 spiro atoms. The van der Waals surface area contributed by atoms with Gasteiger partial charge in [0.05, 0.1) is 25.2 Å². The fraction of sp³-hybridized carbons (Fsp3) is 0.400. The van der Waals surface area contributed by atoms with E-state index in [0.717, 1.165) is 0 Å². The molecule has 17 heavy (non-hydrogen) atoms. The first-order valence-corrected chi connectivity index (χ1v) is 4.73. The van der Waals surface area contributed by atoms with Crippen molar-refractivity contribution in [3.8, 4) is 11.5 Å². The summed E-state index contributed by atoms with van der Waals surface area (Å²) in [5.41, 5.74) is 5.95. The van der Waals surface area contributed by atoms with Crippen molar-refractivity contribution in [3.63, 3.8) is 0 Å². The van der Waals surface area contributed by atoms with Gasteiger partial charge in [-0.05, 0) is 19.0 Å². The number of hydrogen-bond acceptors (Lipinski definition) is 5. The topological polar surface area (TPSA) is 87.6 Å².